The average molecular weight is 610 g/mol. The number of carbonyl (C=O) groups is 1. The molecule has 0 bridgehead atoms. The number of nitrogens with one attached hydrogen (secondary N) is 1. The van der Waals surface area contributed by atoms with Crippen molar-refractivity contribution >= 4 is 41.1 Å². The molecule has 39 heavy (non-hydrogen) atoms. The lowest BCUT2D eigenvalue weighted by Crippen LogP contribution is -2.42. The van der Waals surface area contributed by atoms with Gasteiger partial charge in [0.2, 0.25) is 0 Å². The molecule has 0 aliphatic heterocycles. The quantitative estimate of drug-likeness (QED) is 0.0497. The van der Waals surface area contributed by atoms with Crippen LogP contribution in [0, 0.1) is 0 Å². The predicted octanol–water partition coefficient (Wildman–Crippen LogP) is 5.72. The van der Waals surface area contributed by atoms with Crippen LogP contribution in [0.5, 0.6) is 5.75 Å². The van der Waals surface area contributed by atoms with Gasteiger partial charge < -0.3 is 28.8 Å². The molecule has 0 saturated carbocycles. The monoisotopic (exact) mass is 609 g/mol. The predicted molar refractivity (Wildman–Crippen MR) is 171 cm³/mol. The van der Waals surface area contributed by atoms with Crippen LogP contribution in [0.1, 0.15) is 47.1 Å². The van der Waals surface area contributed by atoms with E-state index in [1.54, 1.807) is 26.0 Å². The highest BCUT2D eigenvalue weighted by Crippen LogP contribution is 2.16. The summed E-state index contributed by atoms with van der Waals surface area (Å²) in [6.45, 7) is 12.5. The minimum Gasteiger partial charge on any atom is -0.501 e. The lowest BCUT2D eigenvalue weighted by molar-refractivity contribution is -0.146. The maximum Gasteiger partial charge on any atom is 0.323 e. The van der Waals surface area contributed by atoms with Gasteiger partial charge >= 0.3 is 5.97 Å². The molecule has 228 valence electrons. The highest BCUT2D eigenvalue weighted by atomic mass is 33.1. The Bertz CT molecular complexity index is 767. The molecule has 0 amide bonds. The highest BCUT2D eigenvalue weighted by molar-refractivity contribution is 8.59. The zero-order valence-corrected chi connectivity index (χ0v) is 27.9. The van der Waals surface area contributed by atoms with Gasteiger partial charge in [-0.2, -0.15) is 0 Å². The summed E-state index contributed by atoms with van der Waals surface area (Å²) >= 11 is 8.06. The number of methoxy groups -OCH3 is 2. The molecule has 0 fully saturated rings. The fourth-order valence-corrected chi connectivity index (χ4v) is 2.87. The number of thiol groups is 2. The molecular weight excluding hydrogens is 559 g/mol. The third kappa shape index (κ3) is 23.1. The van der Waals surface area contributed by atoms with Crippen molar-refractivity contribution in [1.29, 1.82) is 0 Å². The summed E-state index contributed by atoms with van der Waals surface area (Å²) in [5.41, 5.74) is 1.43. The van der Waals surface area contributed by atoms with E-state index in [-0.39, 0.29) is 24.9 Å². The van der Waals surface area contributed by atoms with Gasteiger partial charge in [-0.05, 0) is 58.1 Å². The van der Waals surface area contributed by atoms with Crippen LogP contribution in [-0.4, -0.2) is 76.2 Å². The summed E-state index contributed by atoms with van der Waals surface area (Å²) in [5, 5.41) is 10.2. The third-order valence-corrected chi connectivity index (χ3v) is 4.89. The smallest absolute Gasteiger partial charge is 0.323 e. The Morgan fingerprint density at radius 1 is 1.13 bits per heavy atom. The van der Waals surface area contributed by atoms with Crippen LogP contribution in [0.2, 0.25) is 0 Å². The molecule has 11 heteroatoms. The second-order valence-corrected chi connectivity index (χ2v) is 9.12. The number of hydrogen-bond donors (Lipinski definition) is 4. The van der Waals surface area contributed by atoms with Gasteiger partial charge in [-0.15, -0.1) is 35.1 Å². The number of hydrogen-bond acceptors (Lipinski definition) is 11. The maximum atomic E-state index is 13.0. The van der Waals surface area contributed by atoms with Gasteiger partial charge in [-0.3, -0.25) is 10.1 Å². The second kappa shape index (κ2) is 28.2. The zero-order valence-electron chi connectivity index (χ0n) is 25.3. The van der Waals surface area contributed by atoms with Gasteiger partial charge in [0.05, 0.1) is 31.8 Å². The molecule has 0 aromatic heterocycles. The van der Waals surface area contributed by atoms with Crippen LogP contribution in [0.25, 0.3) is 0 Å². The van der Waals surface area contributed by atoms with E-state index in [1.165, 1.54) is 0 Å². The molecule has 0 heterocycles. The first-order chi connectivity index (χ1) is 18.7. The Morgan fingerprint density at radius 2 is 1.72 bits per heavy atom. The Labute approximate surface area is 251 Å². The molecule has 0 aliphatic rings. The maximum absolute atomic E-state index is 13.0. The summed E-state index contributed by atoms with van der Waals surface area (Å²) in [5.74, 6) is 1.70. The Balaban J connectivity index is -0.00000201. The highest BCUT2D eigenvalue weighted by Gasteiger charge is 2.22. The lowest BCUT2D eigenvalue weighted by atomic mass is 10.1. The number of thioether (sulfide) groups is 1. The van der Waals surface area contributed by atoms with Gasteiger partial charge in [0.15, 0.2) is 0 Å². The van der Waals surface area contributed by atoms with Crippen LogP contribution >= 0.6 is 35.1 Å². The van der Waals surface area contributed by atoms with Gasteiger partial charge in [-0.1, -0.05) is 38.1 Å². The van der Waals surface area contributed by atoms with Crippen molar-refractivity contribution in [2.45, 2.75) is 59.6 Å². The fourth-order valence-electron chi connectivity index (χ4n) is 2.62. The second-order valence-electron chi connectivity index (χ2n) is 8.31. The number of aliphatic hydroxyl groups excluding tert-OH is 1. The zero-order chi connectivity index (χ0) is 30.7. The fraction of sp³-hybridized carbons (Fsp3) is 0.607. The number of benzene rings is 1. The van der Waals surface area contributed by atoms with E-state index in [0.717, 1.165) is 24.0 Å². The summed E-state index contributed by atoms with van der Waals surface area (Å²) in [4.78, 5) is 13.0. The van der Waals surface area contributed by atoms with E-state index in [2.05, 4.69) is 28.6 Å². The topological polar surface area (TPSA) is 95.5 Å². The summed E-state index contributed by atoms with van der Waals surface area (Å²) in [6.07, 6.45) is 6.13. The van der Waals surface area contributed by atoms with E-state index in [0.29, 0.717) is 24.7 Å². The normalized spacial score (nSPS) is 11.9. The molecule has 0 radical (unpaired) electrons. The summed E-state index contributed by atoms with van der Waals surface area (Å²) in [6, 6.07) is 7.15. The largest absolute Gasteiger partial charge is 0.501 e. The van der Waals surface area contributed by atoms with Crippen molar-refractivity contribution in [3.05, 3.63) is 53.3 Å². The van der Waals surface area contributed by atoms with Crippen LogP contribution in [0.3, 0.4) is 0 Å². The van der Waals surface area contributed by atoms with Crippen molar-refractivity contribution in [3.8, 4) is 5.75 Å². The summed E-state index contributed by atoms with van der Waals surface area (Å²) < 4.78 is 27.4. The third-order valence-electron chi connectivity index (χ3n) is 4.54. The van der Waals surface area contributed by atoms with Crippen LogP contribution in [-0.2, 0) is 30.2 Å². The first-order valence-electron chi connectivity index (χ1n) is 12.5. The number of ether oxygens (including phenoxy) is 5. The minimum atomic E-state index is -0.572. The minimum absolute atomic E-state index is 0.0957. The lowest BCUT2D eigenvalue weighted by Gasteiger charge is -2.23. The van der Waals surface area contributed by atoms with E-state index in [1.807, 2.05) is 84.2 Å². The van der Waals surface area contributed by atoms with Crippen LogP contribution < -0.4 is 10.1 Å². The number of esters is 1. The molecule has 2 N–H and O–H groups in total. The van der Waals surface area contributed by atoms with Crippen molar-refractivity contribution in [3.63, 3.8) is 0 Å². The van der Waals surface area contributed by atoms with Gasteiger partial charge in [0.1, 0.15) is 24.3 Å². The van der Waals surface area contributed by atoms with Crippen molar-refractivity contribution in [2.75, 3.05) is 53.5 Å². The molecule has 0 spiro atoms. The first kappa shape index (κ1) is 42.1. The Kier molecular flexibility index (Phi) is 30.5. The van der Waals surface area contributed by atoms with E-state index < -0.39 is 6.04 Å². The van der Waals surface area contributed by atoms with E-state index in [9.17, 15) is 4.79 Å². The molecule has 1 atom stereocenters. The molecule has 0 unspecified atom stereocenters. The van der Waals surface area contributed by atoms with E-state index >= 15 is 0 Å². The Morgan fingerprint density at radius 3 is 2.21 bits per heavy atom. The molecule has 0 saturated heterocycles. The molecule has 1 rings (SSSR count). The van der Waals surface area contributed by atoms with Crippen molar-refractivity contribution in [1.82, 2.24) is 5.32 Å². The molecule has 0 aliphatic carbocycles. The number of carbonyl (C=O) groups excluding carboxylic acids is 1. The van der Waals surface area contributed by atoms with Crippen LogP contribution in [0.15, 0.2) is 47.7 Å². The standard InChI is InChI=1S/C25H39NO6S.C2H6.CH4O.H2S2/c1-19(29-6)21(9-8-14-28-5)16-30-24(27)23(26-17-32-25(2,3)4)15-20-10-12-22(13-11-20)31-18-33-7;3*1-2/h8-13,23,26H,14-18H2,1-7H3;1-2H3;2H,1H3;1-2H/b9-8-,21-19-;;;/t23-;;;/m1.../s1. The van der Waals surface area contributed by atoms with E-state index in [4.69, 9.17) is 28.8 Å². The molecule has 8 nitrogen and oxygen atoms in total. The van der Waals surface area contributed by atoms with Gasteiger partial charge in [0.25, 0.3) is 0 Å². The number of allylic oxidation sites excluding steroid dienone is 1. The molecular formula is C28H51NO7S3. The van der Waals surface area contributed by atoms with Gasteiger partial charge in [0, 0.05) is 19.8 Å². The first-order valence-corrected chi connectivity index (χ1v) is 15.5. The van der Waals surface area contributed by atoms with Gasteiger partial charge in [-0.25, -0.2) is 0 Å². The summed E-state index contributed by atoms with van der Waals surface area (Å²) in [7, 11) is 4.20. The van der Waals surface area contributed by atoms with Crippen molar-refractivity contribution < 1.29 is 33.6 Å². The molecule has 1 aromatic rings. The Hall–Kier alpha value is -1.34. The average Bonchev–Trinajstić information content (AvgIpc) is 2.96. The number of rotatable bonds is 15. The molecule has 1 aromatic carbocycles. The van der Waals surface area contributed by atoms with Crippen molar-refractivity contribution in [2.24, 2.45) is 0 Å². The van der Waals surface area contributed by atoms with Crippen LogP contribution in [0.4, 0.5) is 0 Å². The SMILES string of the molecule is CC.CO.COC/C=C\C(COC(=O)[C@@H](Cc1ccc(OCSC)cc1)NCOC(C)(C)C)=C(/C)OC.SS. The number of aliphatic hydroxyl groups is 1.